The maximum absolute atomic E-state index is 14.1. The molecule has 0 bridgehead atoms. The standard InChI is InChI=1S/C21H20BrFN2O3S/c1-3-25(10-15-8-16(22)5-6-18(15)23)21(26)14-4-7-19(20(9-14)27-2)28-11-17-12-29-13-24-17/h4-9,12-13H,3,10-11H2,1-2H3. The Balaban J connectivity index is 1.76. The number of carbonyl (C=O) groups excluding carboxylic acids is 1. The first kappa shape index (κ1) is 21.3. The zero-order chi connectivity index (χ0) is 20.8. The first-order chi connectivity index (χ1) is 14.0. The second-order valence-electron chi connectivity index (χ2n) is 6.19. The van der Waals surface area contributed by atoms with E-state index in [1.807, 2.05) is 12.3 Å². The molecule has 0 atom stereocenters. The van der Waals surface area contributed by atoms with Crippen LogP contribution in [-0.2, 0) is 13.2 Å². The number of ether oxygens (including phenoxy) is 2. The van der Waals surface area contributed by atoms with E-state index in [9.17, 15) is 9.18 Å². The average molecular weight is 479 g/mol. The summed E-state index contributed by atoms with van der Waals surface area (Å²) in [5, 5.41) is 1.91. The minimum absolute atomic E-state index is 0.172. The summed E-state index contributed by atoms with van der Waals surface area (Å²) in [6.45, 7) is 2.78. The summed E-state index contributed by atoms with van der Waals surface area (Å²) in [5.41, 5.74) is 3.46. The van der Waals surface area contributed by atoms with Gasteiger partial charge in [0.2, 0.25) is 0 Å². The van der Waals surface area contributed by atoms with Crippen LogP contribution in [0.1, 0.15) is 28.5 Å². The fourth-order valence-electron chi connectivity index (χ4n) is 2.76. The lowest BCUT2D eigenvalue weighted by atomic mass is 10.1. The molecule has 0 radical (unpaired) electrons. The Morgan fingerprint density at radius 2 is 2.07 bits per heavy atom. The van der Waals surface area contributed by atoms with Crippen molar-refractivity contribution >= 4 is 33.2 Å². The minimum atomic E-state index is -0.345. The molecule has 0 aliphatic carbocycles. The third kappa shape index (κ3) is 5.33. The number of benzene rings is 2. The summed E-state index contributed by atoms with van der Waals surface area (Å²) in [6.07, 6.45) is 0. The maximum Gasteiger partial charge on any atom is 0.254 e. The van der Waals surface area contributed by atoms with E-state index in [1.165, 1.54) is 24.5 Å². The molecule has 0 aliphatic heterocycles. The molecule has 0 fully saturated rings. The molecule has 1 heterocycles. The lowest BCUT2D eigenvalue weighted by Gasteiger charge is -2.22. The summed E-state index contributed by atoms with van der Waals surface area (Å²) in [7, 11) is 1.52. The highest BCUT2D eigenvalue weighted by Gasteiger charge is 2.19. The number of carbonyl (C=O) groups is 1. The molecule has 0 saturated heterocycles. The van der Waals surface area contributed by atoms with Gasteiger partial charge in [0.15, 0.2) is 11.5 Å². The molecular weight excluding hydrogens is 459 g/mol. The Hall–Kier alpha value is -2.45. The molecule has 0 spiro atoms. The number of hydrogen-bond acceptors (Lipinski definition) is 5. The summed E-state index contributed by atoms with van der Waals surface area (Å²) in [5.74, 6) is 0.424. The number of aromatic nitrogens is 1. The zero-order valence-corrected chi connectivity index (χ0v) is 18.4. The van der Waals surface area contributed by atoms with Crippen molar-refractivity contribution in [3.8, 4) is 11.5 Å². The van der Waals surface area contributed by atoms with Gasteiger partial charge < -0.3 is 14.4 Å². The predicted molar refractivity (Wildman–Crippen MR) is 114 cm³/mol. The van der Waals surface area contributed by atoms with Gasteiger partial charge in [-0.1, -0.05) is 15.9 Å². The monoisotopic (exact) mass is 478 g/mol. The highest BCUT2D eigenvalue weighted by Crippen LogP contribution is 2.29. The van der Waals surface area contributed by atoms with Crippen LogP contribution >= 0.6 is 27.3 Å². The van der Waals surface area contributed by atoms with Gasteiger partial charge in [-0.2, -0.15) is 0 Å². The number of nitrogens with zero attached hydrogens (tertiary/aromatic N) is 2. The molecule has 1 amide bonds. The van der Waals surface area contributed by atoms with E-state index in [0.29, 0.717) is 35.8 Å². The largest absolute Gasteiger partial charge is 0.493 e. The van der Waals surface area contributed by atoms with E-state index in [1.54, 1.807) is 40.7 Å². The van der Waals surface area contributed by atoms with E-state index in [-0.39, 0.29) is 18.3 Å². The van der Waals surface area contributed by atoms with Crippen LogP contribution in [0.25, 0.3) is 0 Å². The van der Waals surface area contributed by atoms with Crippen molar-refractivity contribution in [2.24, 2.45) is 0 Å². The SMILES string of the molecule is CCN(Cc1cc(Br)ccc1F)C(=O)c1ccc(OCc2cscn2)c(OC)c1. The van der Waals surface area contributed by atoms with Gasteiger partial charge in [0.1, 0.15) is 12.4 Å². The number of thiazole rings is 1. The first-order valence-corrected chi connectivity index (χ1v) is 10.7. The third-order valence-corrected chi connectivity index (χ3v) is 5.44. The maximum atomic E-state index is 14.1. The average Bonchev–Trinajstić information content (AvgIpc) is 3.26. The van der Waals surface area contributed by atoms with Gasteiger partial charge in [-0.3, -0.25) is 4.79 Å². The second-order valence-corrected chi connectivity index (χ2v) is 7.82. The van der Waals surface area contributed by atoms with Crippen molar-refractivity contribution in [1.29, 1.82) is 0 Å². The Kier molecular flexibility index (Phi) is 7.22. The van der Waals surface area contributed by atoms with Crippen molar-refractivity contribution < 1.29 is 18.7 Å². The van der Waals surface area contributed by atoms with Gasteiger partial charge >= 0.3 is 0 Å². The molecule has 3 rings (SSSR count). The molecule has 152 valence electrons. The number of rotatable bonds is 8. The number of hydrogen-bond donors (Lipinski definition) is 0. The Morgan fingerprint density at radius 3 is 2.76 bits per heavy atom. The molecule has 3 aromatic rings. The lowest BCUT2D eigenvalue weighted by Crippen LogP contribution is -2.30. The number of halogens is 2. The van der Waals surface area contributed by atoms with Gasteiger partial charge in [-0.05, 0) is 43.3 Å². The highest BCUT2D eigenvalue weighted by molar-refractivity contribution is 9.10. The number of methoxy groups -OCH3 is 1. The summed E-state index contributed by atoms with van der Waals surface area (Å²) >= 11 is 4.84. The molecule has 0 saturated carbocycles. The van der Waals surface area contributed by atoms with E-state index in [2.05, 4.69) is 20.9 Å². The Morgan fingerprint density at radius 1 is 1.24 bits per heavy atom. The molecule has 0 N–H and O–H groups in total. The van der Waals surface area contributed by atoms with Crippen LogP contribution in [0.4, 0.5) is 4.39 Å². The normalized spacial score (nSPS) is 10.6. The predicted octanol–water partition coefficient (Wildman–Crippen LogP) is 5.29. The molecule has 1 aromatic heterocycles. The minimum Gasteiger partial charge on any atom is -0.493 e. The van der Waals surface area contributed by atoms with Crippen molar-refractivity contribution in [3.05, 3.63) is 74.4 Å². The quantitative estimate of drug-likeness (QED) is 0.441. The third-order valence-electron chi connectivity index (χ3n) is 4.31. The van der Waals surface area contributed by atoms with Gasteiger partial charge in [0, 0.05) is 34.1 Å². The molecular formula is C21H20BrFN2O3S. The number of amides is 1. The van der Waals surface area contributed by atoms with E-state index in [0.717, 1.165) is 10.2 Å². The van der Waals surface area contributed by atoms with Crippen LogP contribution in [0.15, 0.2) is 51.8 Å². The van der Waals surface area contributed by atoms with Crippen LogP contribution in [0, 0.1) is 5.82 Å². The van der Waals surface area contributed by atoms with Crippen LogP contribution in [-0.4, -0.2) is 29.4 Å². The smallest absolute Gasteiger partial charge is 0.254 e. The van der Waals surface area contributed by atoms with Crippen molar-refractivity contribution in [2.75, 3.05) is 13.7 Å². The van der Waals surface area contributed by atoms with Crippen molar-refractivity contribution in [3.63, 3.8) is 0 Å². The lowest BCUT2D eigenvalue weighted by molar-refractivity contribution is 0.0750. The summed E-state index contributed by atoms with van der Waals surface area (Å²) < 4.78 is 26.0. The first-order valence-electron chi connectivity index (χ1n) is 8.93. The van der Waals surface area contributed by atoms with Crippen LogP contribution in [0.2, 0.25) is 0 Å². The van der Waals surface area contributed by atoms with Crippen molar-refractivity contribution in [1.82, 2.24) is 9.88 Å². The topological polar surface area (TPSA) is 51.7 Å². The second kappa shape index (κ2) is 9.84. The molecule has 0 unspecified atom stereocenters. The van der Waals surface area contributed by atoms with Crippen LogP contribution in [0.5, 0.6) is 11.5 Å². The highest BCUT2D eigenvalue weighted by atomic mass is 79.9. The van der Waals surface area contributed by atoms with E-state index >= 15 is 0 Å². The fourth-order valence-corrected chi connectivity index (χ4v) is 3.71. The zero-order valence-electron chi connectivity index (χ0n) is 16.0. The van der Waals surface area contributed by atoms with E-state index in [4.69, 9.17) is 9.47 Å². The van der Waals surface area contributed by atoms with E-state index < -0.39 is 0 Å². The molecule has 29 heavy (non-hydrogen) atoms. The van der Waals surface area contributed by atoms with Crippen LogP contribution in [0.3, 0.4) is 0 Å². The van der Waals surface area contributed by atoms with Gasteiger partial charge in [-0.15, -0.1) is 11.3 Å². The van der Waals surface area contributed by atoms with Gasteiger partial charge in [0.25, 0.3) is 5.91 Å². The molecule has 5 nitrogen and oxygen atoms in total. The summed E-state index contributed by atoms with van der Waals surface area (Å²) in [6, 6.07) is 9.72. The molecule has 2 aromatic carbocycles. The summed E-state index contributed by atoms with van der Waals surface area (Å²) in [4.78, 5) is 18.7. The van der Waals surface area contributed by atoms with Gasteiger partial charge in [0.05, 0.1) is 18.3 Å². The fraction of sp³-hybridized carbons (Fsp3) is 0.238. The Labute approximate surface area is 181 Å². The van der Waals surface area contributed by atoms with Gasteiger partial charge in [-0.25, -0.2) is 9.37 Å². The molecule has 8 heteroatoms. The van der Waals surface area contributed by atoms with Crippen LogP contribution < -0.4 is 9.47 Å². The molecule has 0 aliphatic rings. The van der Waals surface area contributed by atoms with Crippen molar-refractivity contribution in [2.45, 2.75) is 20.1 Å². The Bertz CT molecular complexity index is 982.